The van der Waals surface area contributed by atoms with E-state index < -0.39 is 10.0 Å². The Kier molecular flexibility index (Phi) is 4.72. The van der Waals surface area contributed by atoms with Crippen LogP contribution in [0.2, 0.25) is 0 Å². The first-order valence-electron chi connectivity index (χ1n) is 7.34. The summed E-state index contributed by atoms with van der Waals surface area (Å²) in [4.78, 5) is 16.4. The van der Waals surface area contributed by atoms with E-state index >= 15 is 0 Å². The maximum Gasteiger partial charge on any atom is 0.231 e. The summed E-state index contributed by atoms with van der Waals surface area (Å²) in [5.74, 6) is 0.634. The van der Waals surface area contributed by atoms with Crippen molar-refractivity contribution in [2.24, 2.45) is 0 Å². The Balaban J connectivity index is 1.63. The van der Waals surface area contributed by atoms with Crippen molar-refractivity contribution in [2.45, 2.75) is 18.9 Å². The van der Waals surface area contributed by atoms with Crippen molar-refractivity contribution in [1.29, 1.82) is 0 Å². The van der Waals surface area contributed by atoms with Crippen LogP contribution in [0.4, 0.5) is 5.13 Å². The van der Waals surface area contributed by atoms with E-state index in [1.165, 1.54) is 0 Å². The van der Waals surface area contributed by atoms with Crippen molar-refractivity contribution in [3.05, 3.63) is 40.9 Å². The number of ether oxygens (including phenoxy) is 1. The highest BCUT2D eigenvalue weighted by atomic mass is 32.2. The molecular weight excluding hydrogens is 350 g/mol. The fourth-order valence-corrected chi connectivity index (χ4v) is 4.06. The first kappa shape index (κ1) is 16.7. The zero-order chi connectivity index (χ0) is 17.2. The van der Waals surface area contributed by atoms with Crippen molar-refractivity contribution in [1.82, 2.24) is 10.3 Å². The summed E-state index contributed by atoms with van der Waals surface area (Å²) < 4.78 is 30.2. The number of aromatic nitrogens is 1. The summed E-state index contributed by atoms with van der Waals surface area (Å²) in [7, 11) is -3.36. The predicted molar refractivity (Wildman–Crippen MR) is 91.7 cm³/mol. The second-order valence-corrected chi connectivity index (χ2v) is 8.10. The van der Waals surface area contributed by atoms with Crippen LogP contribution in [0, 0.1) is 0 Å². The topological polar surface area (TPSA) is 97.4 Å². The van der Waals surface area contributed by atoms with Crippen molar-refractivity contribution in [3.8, 4) is 5.75 Å². The van der Waals surface area contributed by atoms with E-state index in [2.05, 4.69) is 15.0 Å². The molecule has 1 aliphatic rings. The second-order valence-electron chi connectivity index (χ2n) is 5.49. The molecule has 2 N–H and O–H groups in total. The molecule has 0 saturated heterocycles. The van der Waals surface area contributed by atoms with Crippen LogP contribution < -0.4 is 14.8 Å². The van der Waals surface area contributed by atoms with E-state index in [-0.39, 0.29) is 23.5 Å². The van der Waals surface area contributed by atoms with Crippen LogP contribution in [0.3, 0.4) is 0 Å². The molecular formula is C15H17N3O4S2. The summed E-state index contributed by atoms with van der Waals surface area (Å²) in [6.45, 7) is 0.557. The molecule has 1 aromatic carbocycles. The van der Waals surface area contributed by atoms with Gasteiger partial charge in [0.05, 0.1) is 31.0 Å². The van der Waals surface area contributed by atoms with E-state index in [0.29, 0.717) is 18.7 Å². The number of para-hydroxylation sites is 1. The van der Waals surface area contributed by atoms with Gasteiger partial charge in [-0.3, -0.25) is 9.52 Å². The minimum atomic E-state index is -3.36. The lowest BCUT2D eigenvalue weighted by Crippen LogP contribution is -2.33. The van der Waals surface area contributed by atoms with Gasteiger partial charge in [-0.2, -0.15) is 0 Å². The van der Waals surface area contributed by atoms with E-state index in [4.69, 9.17) is 4.74 Å². The third kappa shape index (κ3) is 4.24. The maximum absolute atomic E-state index is 12.3. The minimum Gasteiger partial charge on any atom is -0.493 e. The average molecular weight is 367 g/mol. The molecule has 0 spiro atoms. The Morgan fingerprint density at radius 1 is 1.42 bits per heavy atom. The first-order chi connectivity index (χ1) is 11.4. The molecule has 0 aliphatic carbocycles. The summed E-state index contributed by atoms with van der Waals surface area (Å²) in [5, 5.41) is 4.92. The van der Waals surface area contributed by atoms with Gasteiger partial charge in [-0.15, -0.1) is 11.3 Å². The Morgan fingerprint density at radius 2 is 2.21 bits per heavy atom. The van der Waals surface area contributed by atoms with Gasteiger partial charge < -0.3 is 10.1 Å². The number of anilines is 1. The third-order valence-corrected chi connectivity index (χ3v) is 4.96. The van der Waals surface area contributed by atoms with Gasteiger partial charge in [-0.05, 0) is 6.07 Å². The standard InChI is InChI=1S/C15H17N3O4S2/c1-24(20,21)18-15-16-10(9-23-15)8-14(19)17-12-6-7-22-13-5-3-2-4-11(12)13/h2-5,9,12H,6-8H2,1H3,(H,16,18)(H,17,19). The number of benzene rings is 1. The molecule has 1 aromatic heterocycles. The molecule has 2 heterocycles. The number of nitrogens with one attached hydrogen (secondary N) is 2. The van der Waals surface area contributed by atoms with Gasteiger partial charge in [0.25, 0.3) is 0 Å². The number of nitrogens with zero attached hydrogens (tertiary/aromatic N) is 1. The lowest BCUT2D eigenvalue weighted by Gasteiger charge is -2.26. The molecule has 0 fully saturated rings. The molecule has 0 saturated carbocycles. The molecule has 1 unspecified atom stereocenters. The highest BCUT2D eigenvalue weighted by Crippen LogP contribution is 2.31. The number of carbonyl (C=O) groups is 1. The summed E-state index contributed by atoms with van der Waals surface area (Å²) in [6.07, 6.45) is 1.87. The van der Waals surface area contributed by atoms with Crippen LogP contribution in [-0.2, 0) is 21.2 Å². The van der Waals surface area contributed by atoms with Crippen LogP contribution in [0.5, 0.6) is 5.75 Å². The lowest BCUT2D eigenvalue weighted by molar-refractivity contribution is -0.121. The van der Waals surface area contributed by atoms with Crippen LogP contribution >= 0.6 is 11.3 Å². The minimum absolute atomic E-state index is 0.0882. The molecule has 3 rings (SSSR count). The van der Waals surface area contributed by atoms with Gasteiger partial charge in [0.1, 0.15) is 5.75 Å². The molecule has 0 radical (unpaired) electrons. The van der Waals surface area contributed by atoms with Gasteiger partial charge >= 0.3 is 0 Å². The van der Waals surface area contributed by atoms with Gasteiger partial charge in [-0.25, -0.2) is 13.4 Å². The molecule has 1 aliphatic heterocycles. The predicted octanol–water partition coefficient (Wildman–Crippen LogP) is 1.70. The number of thiazole rings is 1. The van der Waals surface area contributed by atoms with E-state index in [0.717, 1.165) is 28.9 Å². The van der Waals surface area contributed by atoms with E-state index in [1.807, 2.05) is 24.3 Å². The Morgan fingerprint density at radius 3 is 3.00 bits per heavy atom. The Labute approximate surface area is 144 Å². The number of amides is 1. The second kappa shape index (κ2) is 6.78. The number of hydrogen-bond acceptors (Lipinski definition) is 6. The highest BCUT2D eigenvalue weighted by Gasteiger charge is 2.23. The number of fused-ring (bicyclic) bond motifs is 1. The smallest absolute Gasteiger partial charge is 0.231 e. The molecule has 9 heteroatoms. The largest absolute Gasteiger partial charge is 0.493 e. The normalized spacial score (nSPS) is 16.8. The van der Waals surface area contributed by atoms with Crippen LogP contribution in [0.15, 0.2) is 29.6 Å². The average Bonchev–Trinajstić information content (AvgIpc) is 2.92. The van der Waals surface area contributed by atoms with Crippen LogP contribution in [0.25, 0.3) is 0 Å². The van der Waals surface area contributed by atoms with Gasteiger partial charge in [0, 0.05) is 17.4 Å². The third-order valence-electron chi connectivity index (χ3n) is 3.46. The lowest BCUT2D eigenvalue weighted by atomic mass is 10.0. The molecule has 128 valence electrons. The Hall–Kier alpha value is -2.13. The van der Waals surface area contributed by atoms with Crippen LogP contribution in [0.1, 0.15) is 23.7 Å². The van der Waals surface area contributed by atoms with Gasteiger partial charge in [0.2, 0.25) is 15.9 Å². The fourth-order valence-electron chi connectivity index (χ4n) is 2.50. The molecule has 7 nitrogen and oxygen atoms in total. The Bertz CT molecular complexity index is 848. The monoisotopic (exact) mass is 367 g/mol. The molecule has 2 aromatic rings. The number of sulfonamides is 1. The van der Waals surface area contributed by atoms with Crippen molar-refractivity contribution >= 4 is 32.4 Å². The van der Waals surface area contributed by atoms with Gasteiger partial charge in [-0.1, -0.05) is 18.2 Å². The SMILES string of the molecule is CS(=O)(=O)Nc1nc(CC(=O)NC2CCOc3ccccc32)cs1. The maximum atomic E-state index is 12.3. The van der Waals surface area contributed by atoms with E-state index in [1.54, 1.807) is 5.38 Å². The summed E-state index contributed by atoms with van der Waals surface area (Å²) in [5.41, 5.74) is 1.50. The van der Waals surface area contributed by atoms with Crippen molar-refractivity contribution < 1.29 is 17.9 Å². The number of rotatable bonds is 5. The van der Waals surface area contributed by atoms with Crippen molar-refractivity contribution in [3.63, 3.8) is 0 Å². The molecule has 24 heavy (non-hydrogen) atoms. The van der Waals surface area contributed by atoms with Crippen molar-refractivity contribution in [2.75, 3.05) is 17.6 Å². The zero-order valence-corrected chi connectivity index (χ0v) is 14.6. The van der Waals surface area contributed by atoms with Crippen LogP contribution in [-0.4, -0.2) is 32.2 Å². The molecule has 1 atom stereocenters. The number of carbonyl (C=O) groups excluding carboxylic acids is 1. The fraction of sp³-hybridized carbons (Fsp3) is 0.333. The van der Waals surface area contributed by atoms with E-state index in [9.17, 15) is 13.2 Å². The molecule has 0 bridgehead atoms. The van der Waals surface area contributed by atoms with Gasteiger partial charge in [0.15, 0.2) is 5.13 Å². The quantitative estimate of drug-likeness (QED) is 0.838. The highest BCUT2D eigenvalue weighted by molar-refractivity contribution is 7.92. The first-order valence-corrected chi connectivity index (χ1v) is 10.1. The summed E-state index contributed by atoms with van der Waals surface area (Å²) >= 11 is 1.15. The number of hydrogen-bond donors (Lipinski definition) is 2. The zero-order valence-electron chi connectivity index (χ0n) is 13.0. The summed E-state index contributed by atoms with van der Waals surface area (Å²) in [6, 6.07) is 7.55. The molecule has 1 amide bonds.